The molecule has 6 heteroatoms. The molecule has 1 aromatic rings. The Morgan fingerprint density at radius 3 is 2.30 bits per heavy atom. The molecule has 1 aliphatic carbocycles. The molecule has 130 valence electrons. The van der Waals surface area contributed by atoms with E-state index in [2.05, 4.69) is 40.6 Å². The van der Waals surface area contributed by atoms with Crippen LogP contribution in [-0.2, 0) is 16.6 Å². The van der Waals surface area contributed by atoms with E-state index in [1.165, 1.54) is 5.56 Å². The van der Waals surface area contributed by atoms with Gasteiger partial charge in [0.15, 0.2) is 0 Å². The zero-order chi connectivity index (χ0) is 16.9. The summed E-state index contributed by atoms with van der Waals surface area (Å²) in [6.07, 6.45) is 5.10. The lowest BCUT2D eigenvalue weighted by molar-refractivity contribution is 0.299. The van der Waals surface area contributed by atoms with Crippen LogP contribution in [0.5, 0.6) is 0 Å². The molecule has 0 bridgehead atoms. The molecule has 1 aliphatic rings. The number of hydrogen-bond donors (Lipinski definition) is 2. The normalized spacial score (nSPS) is 17.7. The molecule has 1 unspecified atom stereocenters. The first-order valence-electron chi connectivity index (χ1n) is 8.43. The van der Waals surface area contributed by atoms with Crippen LogP contribution in [-0.4, -0.2) is 40.0 Å². The molecular weight excluding hydrogens is 310 g/mol. The smallest absolute Gasteiger partial charge is 0.277 e. The van der Waals surface area contributed by atoms with Crippen LogP contribution in [0.3, 0.4) is 0 Å². The van der Waals surface area contributed by atoms with Gasteiger partial charge in [0.1, 0.15) is 0 Å². The predicted molar refractivity (Wildman–Crippen MR) is 94.6 cm³/mol. The summed E-state index contributed by atoms with van der Waals surface area (Å²) in [7, 11) is 0.498. The van der Waals surface area contributed by atoms with E-state index >= 15 is 0 Å². The maximum atomic E-state index is 12.2. The van der Waals surface area contributed by atoms with E-state index in [4.69, 9.17) is 0 Å². The fourth-order valence-corrected chi connectivity index (χ4v) is 4.20. The summed E-state index contributed by atoms with van der Waals surface area (Å²) in [6, 6.07) is 8.49. The molecule has 23 heavy (non-hydrogen) atoms. The van der Waals surface area contributed by atoms with Crippen molar-refractivity contribution in [3.63, 3.8) is 0 Å². The lowest BCUT2D eigenvalue weighted by Gasteiger charge is -2.25. The van der Waals surface area contributed by atoms with Crippen LogP contribution in [0.1, 0.15) is 49.8 Å². The van der Waals surface area contributed by atoms with Crippen LogP contribution in [0, 0.1) is 0 Å². The average molecular weight is 340 g/mol. The van der Waals surface area contributed by atoms with Gasteiger partial charge in [-0.1, -0.05) is 44.0 Å². The van der Waals surface area contributed by atoms with E-state index in [0.29, 0.717) is 6.54 Å². The molecule has 0 spiro atoms. The molecule has 0 aliphatic heterocycles. The fourth-order valence-electron chi connectivity index (χ4n) is 3.07. The van der Waals surface area contributed by atoms with E-state index in [1.807, 2.05) is 19.0 Å². The Bertz CT molecular complexity index is 578. The summed E-state index contributed by atoms with van der Waals surface area (Å²) >= 11 is 0. The van der Waals surface area contributed by atoms with Gasteiger partial charge in [0.05, 0.1) is 0 Å². The third-order valence-corrected chi connectivity index (χ3v) is 5.73. The van der Waals surface area contributed by atoms with E-state index < -0.39 is 10.2 Å². The summed E-state index contributed by atoms with van der Waals surface area (Å²) in [5.41, 5.74) is 2.41. The number of hydrogen-bond acceptors (Lipinski definition) is 3. The third-order valence-electron chi connectivity index (χ3n) is 4.54. The van der Waals surface area contributed by atoms with Gasteiger partial charge >= 0.3 is 0 Å². The Morgan fingerprint density at radius 1 is 1.17 bits per heavy atom. The molecule has 0 aromatic heterocycles. The molecule has 1 aromatic carbocycles. The maximum absolute atomic E-state index is 12.2. The third kappa shape index (κ3) is 5.57. The highest BCUT2D eigenvalue weighted by molar-refractivity contribution is 7.87. The lowest BCUT2D eigenvalue weighted by atomic mass is 10.0. The van der Waals surface area contributed by atoms with Crippen molar-refractivity contribution in [3.8, 4) is 0 Å². The first-order valence-corrected chi connectivity index (χ1v) is 9.92. The minimum absolute atomic E-state index is 0.0149. The van der Waals surface area contributed by atoms with Gasteiger partial charge < -0.3 is 4.90 Å². The highest BCUT2D eigenvalue weighted by Gasteiger charge is 2.23. The van der Waals surface area contributed by atoms with Gasteiger partial charge in [0, 0.05) is 18.6 Å². The fraction of sp³-hybridized carbons (Fsp3) is 0.647. The SMILES string of the molecule is CCc1ccc(C(CNS(=O)(=O)NC2CCCC2)N(C)C)cc1. The summed E-state index contributed by atoms with van der Waals surface area (Å²) in [5, 5.41) is 0. The monoisotopic (exact) mass is 339 g/mol. The number of benzene rings is 1. The van der Waals surface area contributed by atoms with Crippen LogP contribution >= 0.6 is 0 Å². The molecule has 2 N–H and O–H groups in total. The molecule has 1 atom stereocenters. The van der Waals surface area contributed by atoms with Crippen molar-refractivity contribution >= 4 is 10.2 Å². The van der Waals surface area contributed by atoms with Crippen LogP contribution in [0.25, 0.3) is 0 Å². The zero-order valence-electron chi connectivity index (χ0n) is 14.4. The average Bonchev–Trinajstić information content (AvgIpc) is 2.99. The quantitative estimate of drug-likeness (QED) is 0.763. The van der Waals surface area contributed by atoms with Crippen LogP contribution < -0.4 is 9.44 Å². The molecule has 0 heterocycles. The number of rotatable bonds is 8. The maximum Gasteiger partial charge on any atom is 0.277 e. The molecule has 1 saturated carbocycles. The number of aryl methyl sites for hydroxylation is 1. The minimum atomic E-state index is -3.44. The second-order valence-electron chi connectivity index (χ2n) is 6.53. The molecule has 0 radical (unpaired) electrons. The van der Waals surface area contributed by atoms with Crippen LogP contribution in [0.2, 0.25) is 0 Å². The highest BCUT2D eigenvalue weighted by atomic mass is 32.2. The van der Waals surface area contributed by atoms with Crippen molar-refractivity contribution in [2.75, 3.05) is 20.6 Å². The van der Waals surface area contributed by atoms with Crippen LogP contribution in [0.15, 0.2) is 24.3 Å². The second-order valence-corrected chi connectivity index (χ2v) is 8.06. The van der Waals surface area contributed by atoms with Crippen LogP contribution in [0.4, 0.5) is 0 Å². The van der Waals surface area contributed by atoms with Crippen molar-refractivity contribution in [3.05, 3.63) is 35.4 Å². The molecule has 0 amide bonds. The molecule has 0 saturated heterocycles. The van der Waals surface area contributed by atoms with E-state index in [9.17, 15) is 8.42 Å². The first-order chi connectivity index (χ1) is 10.9. The highest BCUT2D eigenvalue weighted by Crippen LogP contribution is 2.20. The zero-order valence-corrected chi connectivity index (χ0v) is 15.2. The molecule has 1 fully saturated rings. The Hall–Kier alpha value is -0.950. The van der Waals surface area contributed by atoms with E-state index in [-0.39, 0.29) is 12.1 Å². The Balaban J connectivity index is 1.98. The molecule has 5 nitrogen and oxygen atoms in total. The minimum Gasteiger partial charge on any atom is -0.301 e. The second kappa shape index (κ2) is 8.24. The van der Waals surface area contributed by atoms with Crippen molar-refractivity contribution in [1.29, 1.82) is 0 Å². The van der Waals surface area contributed by atoms with Gasteiger partial charge in [-0.15, -0.1) is 0 Å². The molecule has 2 rings (SSSR count). The Labute approximate surface area is 140 Å². The molecular formula is C17H29N3O2S. The summed E-state index contributed by atoms with van der Waals surface area (Å²) < 4.78 is 29.9. The van der Waals surface area contributed by atoms with Gasteiger partial charge in [-0.25, -0.2) is 4.72 Å². The van der Waals surface area contributed by atoms with Crippen molar-refractivity contribution in [2.24, 2.45) is 0 Å². The van der Waals surface area contributed by atoms with E-state index in [1.54, 1.807) is 0 Å². The van der Waals surface area contributed by atoms with Gasteiger partial charge in [-0.05, 0) is 44.5 Å². The largest absolute Gasteiger partial charge is 0.301 e. The van der Waals surface area contributed by atoms with Crippen molar-refractivity contribution in [1.82, 2.24) is 14.3 Å². The number of nitrogens with one attached hydrogen (secondary N) is 2. The van der Waals surface area contributed by atoms with Crippen molar-refractivity contribution in [2.45, 2.75) is 51.1 Å². The van der Waals surface area contributed by atoms with Crippen molar-refractivity contribution < 1.29 is 8.42 Å². The van der Waals surface area contributed by atoms with Gasteiger partial charge in [0.2, 0.25) is 0 Å². The first kappa shape index (κ1) is 18.4. The van der Waals surface area contributed by atoms with Gasteiger partial charge in [0.25, 0.3) is 10.2 Å². The predicted octanol–water partition coefficient (Wildman–Crippen LogP) is 2.22. The summed E-state index contributed by atoms with van der Waals surface area (Å²) in [5.74, 6) is 0. The number of nitrogens with zero attached hydrogens (tertiary/aromatic N) is 1. The topological polar surface area (TPSA) is 61.4 Å². The standard InChI is InChI=1S/C17H29N3O2S/c1-4-14-9-11-15(12-10-14)17(20(2)3)13-18-23(21,22)19-16-7-5-6-8-16/h9-12,16-19H,4-8,13H2,1-3H3. The van der Waals surface area contributed by atoms with Gasteiger partial charge in [-0.2, -0.15) is 13.1 Å². The Kier molecular flexibility index (Phi) is 6.59. The summed E-state index contributed by atoms with van der Waals surface area (Å²) in [4.78, 5) is 2.04. The summed E-state index contributed by atoms with van der Waals surface area (Å²) in [6.45, 7) is 2.49. The van der Waals surface area contributed by atoms with Gasteiger partial charge in [-0.3, -0.25) is 0 Å². The number of likely N-dealkylation sites (N-methyl/N-ethyl adjacent to an activating group) is 1. The Morgan fingerprint density at radius 2 is 1.78 bits per heavy atom. The lowest BCUT2D eigenvalue weighted by Crippen LogP contribution is -2.44. The van der Waals surface area contributed by atoms with E-state index in [0.717, 1.165) is 37.7 Å².